The van der Waals surface area contributed by atoms with Crippen LogP contribution in [0.1, 0.15) is 17.5 Å². The lowest BCUT2D eigenvalue weighted by Crippen LogP contribution is -2.63. The van der Waals surface area contributed by atoms with Gasteiger partial charge in [0.15, 0.2) is 0 Å². The van der Waals surface area contributed by atoms with Gasteiger partial charge in [-0.25, -0.2) is 9.18 Å². The first-order chi connectivity index (χ1) is 12.8. The maximum Gasteiger partial charge on any atom is 0.332 e. The number of aryl methyl sites for hydroxylation is 1. The molecule has 4 amide bonds. The van der Waals surface area contributed by atoms with Crippen LogP contribution >= 0.6 is 0 Å². The van der Waals surface area contributed by atoms with Crippen molar-refractivity contribution < 1.29 is 18.8 Å². The molecule has 2 heterocycles. The van der Waals surface area contributed by atoms with Gasteiger partial charge < -0.3 is 0 Å². The van der Waals surface area contributed by atoms with Gasteiger partial charge in [-0.05, 0) is 54.7 Å². The molecule has 1 aromatic carbocycles. The summed E-state index contributed by atoms with van der Waals surface area (Å²) in [5.41, 5.74) is 0.175. The number of benzene rings is 1. The molecule has 27 heavy (non-hydrogen) atoms. The van der Waals surface area contributed by atoms with E-state index in [1.165, 1.54) is 26.2 Å². The number of rotatable bonds is 5. The zero-order valence-electron chi connectivity index (χ0n) is 15.2. The van der Waals surface area contributed by atoms with Crippen LogP contribution in [-0.4, -0.2) is 46.7 Å². The summed E-state index contributed by atoms with van der Waals surface area (Å²) in [5.74, 6) is -1.46. The van der Waals surface area contributed by atoms with Gasteiger partial charge in [0.05, 0.1) is 0 Å². The normalized spacial score (nSPS) is 16.8. The summed E-state index contributed by atoms with van der Waals surface area (Å²) in [6.07, 6.45) is 4.09. The number of pyridine rings is 1. The Morgan fingerprint density at radius 3 is 2.00 bits per heavy atom. The molecule has 1 fully saturated rings. The molecular weight excluding hydrogens is 349 g/mol. The molecular formula is C20H20FN3O3. The fraction of sp³-hybridized carbons (Fsp3) is 0.300. The number of amides is 4. The van der Waals surface area contributed by atoms with Gasteiger partial charge in [0, 0.05) is 26.5 Å². The van der Waals surface area contributed by atoms with E-state index in [0.717, 1.165) is 15.4 Å². The van der Waals surface area contributed by atoms with Crippen molar-refractivity contribution in [3.05, 3.63) is 65.7 Å². The Morgan fingerprint density at radius 1 is 0.889 bits per heavy atom. The number of barbiturate groups is 1. The second kappa shape index (κ2) is 7.26. The molecule has 0 unspecified atom stereocenters. The van der Waals surface area contributed by atoms with E-state index in [-0.39, 0.29) is 12.8 Å². The van der Waals surface area contributed by atoms with Crippen LogP contribution in [0.3, 0.4) is 0 Å². The Morgan fingerprint density at radius 2 is 1.44 bits per heavy atom. The molecule has 3 rings (SSSR count). The first kappa shape index (κ1) is 18.7. The number of carbonyl (C=O) groups excluding carboxylic acids is 3. The largest absolute Gasteiger partial charge is 0.332 e. The van der Waals surface area contributed by atoms with Gasteiger partial charge >= 0.3 is 6.03 Å². The van der Waals surface area contributed by atoms with E-state index in [1.54, 1.807) is 24.5 Å². The molecule has 7 heteroatoms. The standard InChI is InChI=1S/C20H20FN3O3/c1-23-17(25)20(18(26)24(2)19(23)27,10-7-14-8-11-22-12-9-14)13-15-3-5-16(21)6-4-15/h3-6,8-9,11-12H,7,10,13H2,1-2H3. The van der Waals surface area contributed by atoms with Crippen molar-refractivity contribution >= 4 is 17.8 Å². The van der Waals surface area contributed by atoms with Crippen molar-refractivity contribution in [1.29, 1.82) is 0 Å². The van der Waals surface area contributed by atoms with Crippen LogP contribution in [0.25, 0.3) is 0 Å². The third-order valence-corrected chi connectivity index (χ3v) is 5.01. The number of halogens is 1. The fourth-order valence-electron chi connectivity index (χ4n) is 3.44. The van der Waals surface area contributed by atoms with Crippen molar-refractivity contribution in [2.45, 2.75) is 19.3 Å². The van der Waals surface area contributed by atoms with Gasteiger partial charge in [-0.3, -0.25) is 24.4 Å². The van der Waals surface area contributed by atoms with E-state index in [0.29, 0.717) is 12.0 Å². The second-order valence-corrected chi connectivity index (χ2v) is 6.75. The fourth-order valence-corrected chi connectivity index (χ4v) is 3.44. The Hall–Kier alpha value is -3.09. The highest BCUT2D eigenvalue weighted by molar-refractivity contribution is 6.18. The van der Waals surface area contributed by atoms with Gasteiger partial charge in [-0.1, -0.05) is 12.1 Å². The molecule has 6 nitrogen and oxygen atoms in total. The third-order valence-electron chi connectivity index (χ3n) is 5.01. The predicted molar refractivity (Wildman–Crippen MR) is 96.0 cm³/mol. The molecule has 0 radical (unpaired) electrons. The number of nitrogens with zero attached hydrogens (tertiary/aromatic N) is 3. The molecule has 2 aromatic rings. The summed E-state index contributed by atoms with van der Waals surface area (Å²) in [4.78, 5) is 44.2. The minimum absolute atomic E-state index is 0.0952. The number of urea groups is 1. The van der Waals surface area contributed by atoms with E-state index in [2.05, 4.69) is 4.98 Å². The molecule has 0 atom stereocenters. The minimum Gasteiger partial charge on any atom is -0.273 e. The van der Waals surface area contributed by atoms with E-state index in [4.69, 9.17) is 0 Å². The van der Waals surface area contributed by atoms with Gasteiger partial charge in [-0.2, -0.15) is 0 Å². The lowest BCUT2D eigenvalue weighted by molar-refractivity contribution is -0.157. The van der Waals surface area contributed by atoms with E-state index in [1.807, 2.05) is 12.1 Å². The smallest absolute Gasteiger partial charge is 0.273 e. The molecule has 0 bridgehead atoms. The highest BCUT2D eigenvalue weighted by Crippen LogP contribution is 2.36. The lowest BCUT2D eigenvalue weighted by Gasteiger charge is -2.42. The van der Waals surface area contributed by atoms with Crippen molar-refractivity contribution in [3.63, 3.8) is 0 Å². The summed E-state index contributed by atoms with van der Waals surface area (Å²) in [6.45, 7) is 0. The van der Waals surface area contributed by atoms with E-state index >= 15 is 0 Å². The maximum atomic E-state index is 13.3. The molecule has 1 aromatic heterocycles. The molecule has 140 valence electrons. The number of hydrogen-bond donors (Lipinski definition) is 0. The van der Waals surface area contributed by atoms with Crippen LogP contribution in [0.2, 0.25) is 0 Å². The molecule has 0 N–H and O–H groups in total. The minimum atomic E-state index is -1.42. The Labute approximate surface area is 156 Å². The Bertz CT molecular complexity index is 844. The zero-order chi connectivity index (χ0) is 19.6. The first-order valence-electron chi connectivity index (χ1n) is 8.59. The Kier molecular flexibility index (Phi) is 5.03. The van der Waals surface area contributed by atoms with Crippen LogP contribution in [0.4, 0.5) is 9.18 Å². The van der Waals surface area contributed by atoms with Crippen LogP contribution < -0.4 is 0 Å². The lowest BCUT2D eigenvalue weighted by atomic mass is 9.73. The van der Waals surface area contributed by atoms with Crippen molar-refractivity contribution in [3.8, 4) is 0 Å². The molecule has 1 aliphatic rings. The zero-order valence-corrected chi connectivity index (χ0v) is 15.2. The summed E-state index contributed by atoms with van der Waals surface area (Å²) in [6, 6.07) is 8.69. The van der Waals surface area contributed by atoms with Gasteiger partial charge in [0.25, 0.3) is 0 Å². The van der Waals surface area contributed by atoms with Gasteiger partial charge in [-0.15, -0.1) is 0 Å². The van der Waals surface area contributed by atoms with Gasteiger partial charge in [0.2, 0.25) is 11.8 Å². The first-order valence-corrected chi connectivity index (χ1v) is 8.59. The number of hydrogen-bond acceptors (Lipinski definition) is 4. The molecule has 1 aliphatic heterocycles. The maximum absolute atomic E-state index is 13.3. The highest BCUT2D eigenvalue weighted by atomic mass is 19.1. The van der Waals surface area contributed by atoms with Crippen LogP contribution in [0.15, 0.2) is 48.8 Å². The van der Waals surface area contributed by atoms with E-state index in [9.17, 15) is 18.8 Å². The average Bonchev–Trinajstić information content (AvgIpc) is 2.69. The summed E-state index contributed by atoms with van der Waals surface area (Å²) in [7, 11) is 2.75. The third kappa shape index (κ3) is 3.45. The Balaban J connectivity index is 1.99. The second-order valence-electron chi connectivity index (χ2n) is 6.75. The molecule has 0 spiro atoms. The van der Waals surface area contributed by atoms with Gasteiger partial charge in [0.1, 0.15) is 11.2 Å². The van der Waals surface area contributed by atoms with Crippen LogP contribution in [-0.2, 0) is 22.4 Å². The summed E-state index contributed by atoms with van der Waals surface area (Å²) in [5, 5.41) is 0. The summed E-state index contributed by atoms with van der Waals surface area (Å²) >= 11 is 0. The van der Waals surface area contributed by atoms with Crippen LogP contribution in [0, 0.1) is 11.2 Å². The SMILES string of the molecule is CN1C(=O)N(C)C(=O)C(CCc2ccncc2)(Cc2ccc(F)cc2)C1=O. The number of aromatic nitrogens is 1. The number of imide groups is 2. The summed E-state index contributed by atoms with van der Waals surface area (Å²) < 4.78 is 13.3. The predicted octanol–water partition coefficient (Wildman–Crippen LogP) is 2.43. The highest BCUT2D eigenvalue weighted by Gasteiger charge is 2.54. The van der Waals surface area contributed by atoms with Crippen LogP contribution in [0.5, 0.6) is 0 Å². The molecule has 1 saturated heterocycles. The number of carbonyl (C=O) groups is 3. The van der Waals surface area contributed by atoms with Crippen molar-refractivity contribution in [1.82, 2.24) is 14.8 Å². The monoisotopic (exact) mass is 369 g/mol. The topological polar surface area (TPSA) is 70.6 Å². The van der Waals surface area contributed by atoms with Crippen molar-refractivity contribution in [2.75, 3.05) is 14.1 Å². The van der Waals surface area contributed by atoms with E-state index < -0.39 is 29.1 Å². The average molecular weight is 369 g/mol. The molecule has 0 aliphatic carbocycles. The molecule has 0 saturated carbocycles. The van der Waals surface area contributed by atoms with Crippen molar-refractivity contribution in [2.24, 2.45) is 5.41 Å². The quantitative estimate of drug-likeness (QED) is 0.759.